The summed E-state index contributed by atoms with van der Waals surface area (Å²) in [5.41, 5.74) is 7.43. The number of hydrogen-bond acceptors (Lipinski definition) is 6. The number of sulfone groups is 1. The maximum absolute atomic E-state index is 11.8. The van der Waals surface area contributed by atoms with Crippen molar-refractivity contribution in [2.24, 2.45) is 0 Å². The minimum absolute atomic E-state index is 0.310. The van der Waals surface area contributed by atoms with Crippen molar-refractivity contribution in [1.82, 2.24) is 15.0 Å². The highest BCUT2D eigenvalue weighted by Crippen LogP contribution is 2.34. The van der Waals surface area contributed by atoms with E-state index in [1.54, 1.807) is 18.5 Å². The maximum atomic E-state index is 11.8. The molecule has 0 radical (unpaired) electrons. The lowest BCUT2D eigenvalue weighted by Crippen LogP contribution is -2.32. The van der Waals surface area contributed by atoms with Crippen molar-refractivity contribution < 1.29 is 8.42 Å². The van der Waals surface area contributed by atoms with Gasteiger partial charge in [0.1, 0.15) is 6.33 Å². The molecule has 7 heteroatoms. The van der Waals surface area contributed by atoms with Crippen molar-refractivity contribution in [3.8, 4) is 11.3 Å². The number of benzene rings is 1. The Bertz CT molecular complexity index is 1230. The molecule has 29 heavy (non-hydrogen) atoms. The maximum Gasteiger partial charge on any atom is 0.175 e. The lowest BCUT2D eigenvalue weighted by atomic mass is 9.98. The summed E-state index contributed by atoms with van der Waals surface area (Å²) in [6, 6.07) is 9.00. The molecule has 0 bridgehead atoms. The van der Waals surface area contributed by atoms with Crippen LogP contribution in [0.4, 0.5) is 5.69 Å². The Morgan fingerprint density at radius 2 is 1.83 bits per heavy atom. The van der Waals surface area contributed by atoms with Crippen LogP contribution in [0.1, 0.15) is 22.5 Å². The topological polar surface area (TPSA) is 76.1 Å². The first-order valence-corrected chi connectivity index (χ1v) is 11.4. The fourth-order valence-corrected chi connectivity index (χ4v) is 4.70. The largest absolute Gasteiger partial charge is 0.366 e. The van der Waals surface area contributed by atoms with Crippen molar-refractivity contribution >= 4 is 21.6 Å². The van der Waals surface area contributed by atoms with Gasteiger partial charge in [0.25, 0.3) is 0 Å². The number of hydrogen-bond donors (Lipinski definition) is 0. The number of fused-ring (bicyclic) bond motifs is 2. The first kappa shape index (κ1) is 18.0. The molecule has 0 fully saturated rings. The summed E-state index contributed by atoms with van der Waals surface area (Å²) in [6.07, 6.45) is 10.7. The van der Waals surface area contributed by atoms with Gasteiger partial charge < -0.3 is 4.90 Å². The Hall–Kier alpha value is -3.06. The van der Waals surface area contributed by atoms with Crippen LogP contribution in [0.15, 0.2) is 53.8 Å². The summed E-state index contributed by atoms with van der Waals surface area (Å²) in [7, 11) is -3.22. The molecule has 0 unspecified atom stereocenters. The Morgan fingerprint density at radius 1 is 1.00 bits per heavy atom. The summed E-state index contributed by atoms with van der Waals surface area (Å²) in [5, 5.41) is 0. The molecule has 2 aromatic heterocycles. The zero-order chi connectivity index (χ0) is 20.0. The van der Waals surface area contributed by atoms with Crippen molar-refractivity contribution in [2.75, 3.05) is 17.7 Å². The molecule has 0 spiro atoms. The predicted octanol–water partition coefficient (Wildman–Crippen LogP) is 3.07. The van der Waals surface area contributed by atoms with Crippen molar-refractivity contribution in [1.29, 1.82) is 0 Å². The van der Waals surface area contributed by atoms with E-state index in [2.05, 4.69) is 38.1 Å². The van der Waals surface area contributed by atoms with Crippen LogP contribution >= 0.6 is 0 Å². The monoisotopic (exact) mass is 404 g/mol. The molecule has 0 amide bonds. The van der Waals surface area contributed by atoms with Gasteiger partial charge in [-0.05, 0) is 18.2 Å². The molecule has 3 heterocycles. The van der Waals surface area contributed by atoms with Gasteiger partial charge in [0.15, 0.2) is 9.84 Å². The lowest BCUT2D eigenvalue weighted by Gasteiger charge is -2.32. The smallest absolute Gasteiger partial charge is 0.175 e. The molecule has 3 aromatic rings. The van der Waals surface area contributed by atoms with E-state index in [1.807, 2.05) is 18.3 Å². The highest BCUT2D eigenvalue weighted by Gasteiger charge is 2.24. The second-order valence-corrected chi connectivity index (χ2v) is 9.43. The normalized spacial score (nSPS) is 15.3. The molecule has 146 valence electrons. The summed E-state index contributed by atoms with van der Waals surface area (Å²) >= 11 is 0. The molecule has 6 nitrogen and oxygen atoms in total. The first-order chi connectivity index (χ1) is 14.0. The standard InChI is InChI=1S/C22H20N4O2S/c1-29(27,28)16-7-5-15(6-8-16)22-18-13-26(12-10-20(18)24-14-25-22)21-9-11-23-19-4-2-3-17(19)21/h2-3,5-9,11,14H,4,10,12-13H2,1H3. The van der Waals surface area contributed by atoms with Gasteiger partial charge in [0.2, 0.25) is 0 Å². The van der Waals surface area contributed by atoms with Crippen LogP contribution in [0.25, 0.3) is 17.3 Å². The first-order valence-electron chi connectivity index (χ1n) is 9.53. The SMILES string of the molecule is CS(=O)(=O)c1ccc(-c2ncnc3c2CN(c2ccnc4c2C=CC4)CC3)cc1. The molecular formula is C22H20N4O2S. The van der Waals surface area contributed by atoms with Crippen LogP contribution in [0.3, 0.4) is 0 Å². The number of rotatable bonds is 3. The van der Waals surface area contributed by atoms with E-state index in [4.69, 9.17) is 0 Å². The number of nitrogens with zero attached hydrogens (tertiary/aromatic N) is 4. The minimum atomic E-state index is -3.22. The molecule has 1 aliphatic heterocycles. The number of anilines is 1. The van der Waals surface area contributed by atoms with Crippen LogP contribution in [-0.4, -0.2) is 36.2 Å². The zero-order valence-electron chi connectivity index (χ0n) is 16.0. The third-order valence-electron chi connectivity index (χ3n) is 5.54. The molecule has 0 saturated carbocycles. The zero-order valence-corrected chi connectivity index (χ0v) is 16.9. The van der Waals surface area contributed by atoms with Gasteiger partial charge in [-0.2, -0.15) is 0 Å². The van der Waals surface area contributed by atoms with Crippen molar-refractivity contribution in [3.05, 3.63) is 71.4 Å². The average Bonchev–Trinajstić information content (AvgIpc) is 3.21. The number of allylic oxidation sites excluding steroid dienone is 1. The van der Waals surface area contributed by atoms with E-state index in [0.29, 0.717) is 11.4 Å². The third-order valence-corrected chi connectivity index (χ3v) is 6.67. The van der Waals surface area contributed by atoms with E-state index >= 15 is 0 Å². The molecule has 0 atom stereocenters. The van der Waals surface area contributed by atoms with Gasteiger partial charge in [-0.3, -0.25) is 4.98 Å². The summed E-state index contributed by atoms with van der Waals surface area (Å²) in [4.78, 5) is 16.2. The van der Waals surface area contributed by atoms with Crippen molar-refractivity contribution in [2.45, 2.75) is 24.3 Å². The Labute approximate surface area is 169 Å². The third kappa shape index (κ3) is 3.21. The Kier molecular flexibility index (Phi) is 4.20. The van der Waals surface area contributed by atoms with Gasteiger partial charge in [0.05, 0.1) is 22.0 Å². The van der Waals surface area contributed by atoms with Crippen LogP contribution < -0.4 is 4.90 Å². The van der Waals surface area contributed by atoms with Gasteiger partial charge in [0, 0.05) is 60.8 Å². The van der Waals surface area contributed by atoms with Gasteiger partial charge in [-0.1, -0.05) is 24.3 Å². The van der Waals surface area contributed by atoms with Crippen molar-refractivity contribution in [3.63, 3.8) is 0 Å². The van der Waals surface area contributed by atoms with Crippen LogP contribution in [-0.2, 0) is 29.2 Å². The Balaban J connectivity index is 1.53. The van der Waals surface area contributed by atoms with Gasteiger partial charge in [-0.25, -0.2) is 18.4 Å². The van der Waals surface area contributed by atoms with E-state index < -0.39 is 9.84 Å². The molecule has 2 aliphatic rings. The lowest BCUT2D eigenvalue weighted by molar-refractivity contribution is 0.602. The minimum Gasteiger partial charge on any atom is -0.366 e. The summed E-state index contributed by atoms with van der Waals surface area (Å²) < 4.78 is 23.5. The van der Waals surface area contributed by atoms with Gasteiger partial charge in [-0.15, -0.1) is 0 Å². The second kappa shape index (κ2) is 6.77. The Morgan fingerprint density at radius 3 is 2.62 bits per heavy atom. The molecule has 0 saturated heterocycles. The highest BCUT2D eigenvalue weighted by atomic mass is 32.2. The molecule has 0 N–H and O–H groups in total. The van der Waals surface area contributed by atoms with E-state index in [1.165, 1.54) is 17.5 Å². The summed E-state index contributed by atoms with van der Waals surface area (Å²) in [5.74, 6) is 0. The number of aromatic nitrogens is 3. The highest BCUT2D eigenvalue weighted by molar-refractivity contribution is 7.90. The predicted molar refractivity (Wildman–Crippen MR) is 112 cm³/mol. The van der Waals surface area contributed by atoms with E-state index in [-0.39, 0.29) is 0 Å². The average molecular weight is 404 g/mol. The molecular weight excluding hydrogens is 384 g/mol. The van der Waals surface area contributed by atoms with E-state index in [0.717, 1.165) is 47.6 Å². The van der Waals surface area contributed by atoms with Gasteiger partial charge >= 0.3 is 0 Å². The van der Waals surface area contributed by atoms with Crippen LogP contribution in [0.5, 0.6) is 0 Å². The second-order valence-electron chi connectivity index (χ2n) is 7.41. The van der Waals surface area contributed by atoms with Crippen LogP contribution in [0, 0.1) is 0 Å². The number of pyridine rings is 1. The van der Waals surface area contributed by atoms with E-state index in [9.17, 15) is 8.42 Å². The quantitative estimate of drug-likeness (QED) is 0.668. The summed E-state index contributed by atoms with van der Waals surface area (Å²) in [6.45, 7) is 1.60. The molecule has 1 aromatic carbocycles. The fourth-order valence-electron chi connectivity index (χ4n) is 4.07. The fraction of sp³-hybridized carbons (Fsp3) is 0.227. The molecule has 5 rings (SSSR count). The molecule has 1 aliphatic carbocycles. The van der Waals surface area contributed by atoms with Crippen LogP contribution in [0.2, 0.25) is 0 Å².